The molecule has 1 N–H and O–H groups in total. The van der Waals surface area contributed by atoms with Crippen LogP contribution in [0.3, 0.4) is 0 Å². The molecule has 0 radical (unpaired) electrons. The zero-order chi connectivity index (χ0) is 13.8. The van der Waals surface area contributed by atoms with Gasteiger partial charge in [0.15, 0.2) is 0 Å². The van der Waals surface area contributed by atoms with Gasteiger partial charge in [0.25, 0.3) is 0 Å². The molecule has 0 spiro atoms. The first-order valence-corrected chi connectivity index (χ1v) is 7.23. The third kappa shape index (κ3) is 4.37. The number of benzene rings is 1. The van der Waals surface area contributed by atoms with E-state index in [2.05, 4.69) is 43.4 Å². The maximum atomic E-state index is 6.23. The van der Waals surface area contributed by atoms with Gasteiger partial charge in [0.2, 0.25) is 0 Å². The second kappa shape index (κ2) is 6.60. The van der Waals surface area contributed by atoms with Crippen LogP contribution < -0.4 is 5.32 Å². The van der Waals surface area contributed by atoms with Crippen LogP contribution in [0.1, 0.15) is 25.3 Å². The molecule has 19 heavy (non-hydrogen) atoms. The molecule has 1 aliphatic rings. The van der Waals surface area contributed by atoms with Crippen LogP contribution in [0, 0.1) is 0 Å². The van der Waals surface area contributed by atoms with Gasteiger partial charge < -0.3 is 15.0 Å². The van der Waals surface area contributed by atoms with Crippen molar-refractivity contribution in [1.29, 1.82) is 0 Å². The Morgan fingerprint density at radius 1 is 1.42 bits per heavy atom. The van der Waals surface area contributed by atoms with Gasteiger partial charge in [-0.05, 0) is 57.6 Å². The smallest absolute Gasteiger partial charge is 0.0566 e. The van der Waals surface area contributed by atoms with E-state index in [0.717, 1.165) is 42.3 Å². The van der Waals surface area contributed by atoms with Crippen molar-refractivity contribution < 1.29 is 4.74 Å². The molecule has 0 aromatic heterocycles. The number of hydrogen-bond donors (Lipinski definition) is 1. The molecule has 2 rings (SSSR count). The molecule has 2 atom stereocenters. The predicted octanol–water partition coefficient (Wildman–Crippen LogP) is 3.38. The predicted molar refractivity (Wildman–Crippen MR) is 80.9 cm³/mol. The van der Waals surface area contributed by atoms with Crippen molar-refractivity contribution in [2.24, 2.45) is 0 Å². The first-order valence-electron chi connectivity index (χ1n) is 6.86. The van der Waals surface area contributed by atoms with Crippen LogP contribution in [0.15, 0.2) is 18.2 Å². The van der Waals surface area contributed by atoms with Crippen molar-refractivity contribution in [1.82, 2.24) is 4.90 Å². The van der Waals surface area contributed by atoms with Crippen molar-refractivity contribution in [3.8, 4) is 0 Å². The quantitative estimate of drug-likeness (QED) is 0.916. The normalized spacial score (nSPS) is 23.6. The molecule has 0 aliphatic carbocycles. The van der Waals surface area contributed by atoms with E-state index < -0.39 is 0 Å². The second-order valence-corrected chi connectivity index (χ2v) is 6.00. The molecule has 1 aromatic carbocycles. The lowest BCUT2D eigenvalue weighted by atomic mass is 10.0. The first-order chi connectivity index (χ1) is 9.04. The SMILES string of the molecule is C[C@H]1C[C@H](Nc2ccc(Cl)c(CN(C)C)c2)CCO1. The Morgan fingerprint density at radius 3 is 2.89 bits per heavy atom. The fourth-order valence-corrected chi connectivity index (χ4v) is 2.67. The molecule has 0 amide bonds. The second-order valence-electron chi connectivity index (χ2n) is 5.59. The van der Waals surface area contributed by atoms with Gasteiger partial charge in [0, 0.05) is 29.9 Å². The fourth-order valence-electron chi connectivity index (χ4n) is 2.49. The summed E-state index contributed by atoms with van der Waals surface area (Å²) in [6.45, 7) is 3.84. The van der Waals surface area contributed by atoms with Crippen LogP contribution in [0.4, 0.5) is 5.69 Å². The summed E-state index contributed by atoms with van der Waals surface area (Å²) in [5.41, 5.74) is 2.32. The molecule has 0 saturated carbocycles. The lowest BCUT2D eigenvalue weighted by molar-refractivity contribution is 0.0232. The van der Waals surface area contributed by atoms with Crippen LogP contribution in [-0.4, -0.2) is 37.7 Å². The lowest BCUT2D eigenvalue weighted by Gasteiger charge is -2.29. The third-order valence-corrected chi connectivity index (χ3v) is 3.76. The van der Waals surface area contributed by atoms with Gasteiger partial charge in [-0.25, -0.2) is 0 Å². The van der Waals surface area contributed by atoms with Gasteiger partial charge in [-0.1, -0.05) is 11.6 Å². The summed E-state index contributed by atoms with van der Waals surface area (Å²) in [6.07, 6.45) is 2.47. The highest BCUT2D eigenvalue weighted by molar-refractivity contribution is 6.31. The molecule has 1 fully saturated rings. The Morgan fingerprint density at radius 2 is 2.21 bits per heavy atom. The third-order valence-electron chi connectivity index (χ3n) is 3.39. The van der Waals surface area contributed by atoms with Crippen molar-refractivity contribution >= 4 is 17.3 Å². The van der Waals surface area contributed by atoms with Gasteiger partial charge in [-0.2, -0.15) is 0 Å². The van der Waals surface area contributed by atoms with Crippen LogP contribution in [0.2, 0.25) is 5.02 Å². The maximum Gasteiger partial charge on any atom is 0.0566 e. The Balaban J connectivity index is 2.03. The van der Waals surface area contributed by atoms with E-state index in [1.807, 2.05) is 6.07 Å². The summed E-state index contributed by atoms with van der Waals surface area (Å²) in [4.78, 5) is 2.13. The van der Waals surface area contributed by atoms with Crippen molar-refractivity contribution in [3.05, 3.63) is 28.8 Å². The molecule has 1 heterocycles. The average molecular weight is 283 g/mol. The Labute approximate surface area is 120 Å². The molecule has 0 unspecified atom stereocenters. The van der Waals surface area contributed by atoms with E-state index in [1.54, 1.807) is 0 Å². The van der Waals surface area contributed by atoms with Crippen molar-refractivity contribution in [2.75, 3.05) is 26.0 Å². The highest BCUT2D eigenvalue weighted by Crippen LogP contribution is 2.24. The summed E-state index contributed by atoms with van der Waals surface area (Å²) in [5, 5.41) is 4.43. The zero-order valence-corrected chi connectivity index (χ0v) is 12.7. The van der Waals surface area contributed by atoms with Gasteiger partial charge >= 0.3 is 0 Å². The van der Waals surface area contributed by atoms with Gasteiger partial charge in [-0.15, -0.1) is 0 Å². The molecule has 4 heteroatoms. The maximum absolute atomic E-state index is 6.23. The molecule has 3 nitrogen and oxygen atoms in total. The van der Waals surface area contributed by atoms with Crippen LogP contribution in [0.25, 0.3) is 0 Å². The average Bonchev–Trinajstić information content (AvgIpc) is 2.33. The molecule has 0 bridgehead atoms. The number of ether oxygens (including phenoxy) is 1. The zero-order valence-electron chi connectivity index (χ0n) is 11.9. The molecule has 1 aliphatic heterocycles. The topological polar surface area (TPSA) is 24.5 Å². The van der Waals surface area contributed by atoms with E-state index in [4.69, 9.17) is 16.3 Å². The number of nitrogens with zero attached hydrogens (tertiary/aromatic N) is 1. The Bertz CT molecular complexity index is 423. The summed E-state index contributed by atoms with van der Waals surface area (Å²) in [6, 6.07) is 6.69. The van der Waals surface area contributed by atoms with Gasteiger partial charge in [0.1, 0.15) is 0 Å². The molecular formula is C15H23ClN2O. The minimum atomic E-state index is 0.347. The summed E-state index contributed by atoms with van der Waals surface area (Å²) in [7, 11) is 4.10. The number of hydrogen-bond acceptors (Lipinski definition) is 3. The summed E-state index contributed by atoms with van der Waals surface area (Å²) >= 11 is 6.23. The van der Waals surface area contributed by atoms with Gasteiger partial charge in [0.05, 0.1) is 6.10 Å². The minimum Gasteiger partial charge on any atom is -0.382 e. The highest BCUT2D eigenvalue weighted by Gasteiger charge is 2.19. The van der Waals surface area contributed by atoms with Crippen LogP contribution >= 0.6 is 11.6 Å². The monoisotopic (exact) mass is 282 g/mol. The number of rotatable bonds is 4. The molecule has 1 saturated heterocycles. The summed E-state index contributed by atoms with van der Waals surface area (Å²) in [5.74, 6) is 0. The number of nitrogens with one attached hydrogen (secondary N) is 1. The fraction of sp³-hybridized carbons (Fsp3) is 0.600. The Kier molecular flexibility index (Phi) is 5.08. The van der Waals surface area contributed by atoms with Crippen molar-refractivity contribution in [3.63, 3.8) is 0 Å². The van der Waals surface area contributed by atoms with E-state index in [0.29, 0.717) is 12.1 Å². The first kappa shape index (κ1) is 14.6. The lowest BCUT2D eigenvalue weighted by Crippen LogP contribution is -2.32. The van der Waals surface area contributed by atoms with Crippen molar-refractivity contribution in [2.45, 2.75) is 38.5 Å². The van der Waals surface area contributed by atoms with Gasteiger partial charge in [-0.3, -0.25) is 0 Å². The molecule has 106 valence electrons. The van der Waals surface area contributed by atoms with Crippen LogP contribution in [-0.2, 0) is 11.3 Å². The number of anilines is 1. The van der Waals surface area contributed by atoms with E-state index in [1.165, 1.54) is 0 Å². The Hall–Kier alpha value is -0.770. The summed E-state index contributed by atoms with van der Waals surface area (Å²) < 4.78 is 5.57. The van der Waals surface area contributed by atoms with Crippen LogP contribution in [0.5, 0.6) is 0 Å². The minimum absolute atomic E-state index is 0.347. The van der Waals surface area contributed by atoms with E-state index in [-0.39, 0.29) is 0 Å². The molecular weight excluding hydrogens is 260 g/mol. The van der Waals surface area contributed by atoms with E-state index in [9.17, 15) is 0 Å². The van der Waals surface area contributed by atoms with E-state index >= 15 is 0 Å². The number of halogens is 1. The largest absolute Gasteiger partial charge is 0.382 e. The highest BCUT2D eigenvalue weighted by atomic mass is 35.5. The molecule has 1 aromatic rings. The standard InChI is InChI=1S/C15H23ClN2O/c1-11-8-14(6-7-19-11)17-13-4-5-15(16)12(9-13)10-18(2)3/h4-5,9,11,14,17H,6-8,10H2,1-3H3/t11-,14+/m0/s1.